The summed E-state index contributed by atoms with van der Waals surface area (Å²) in [6.45, 7) is 0. The van der Waals surface area contributed by atoms with E-state index in [1.54, 1.807) is 0 Å². The molecule has 0 amide bonds. The van der Waals surface area contributed by atoms with Gasteiger partial charge in [-0.1, -0.05) is 43.8 Å². The van der Waals surface area contributed by atoms with Gasteiger partial charge in [-0.2, -0.15) is 0 Å². The molecule has 0 saturated heterocycles. The van der Waals surface area contributed by atoms with E-state index in [0.717, 1.165) is 0 Å². The minimum absolute atomic E-state index is 0. The third kappa shape index (κ3) is 17.6. The van der Waals surface area contributed by atoms with E-state index in [1.165, 1.54) is 0 Å². The van der Waals surface area contributed by atoms with Crippen molar-refractivity contribution in [2.75, 3.05) is 0 Å². The smallest absolute Gasteiger partial charge is 0.314 e. The molecule has 0 unspecified atom stereocenters. The van der Waals surface area contributed by atoms with Gasteiger partial charge in [0.2, 0.25) is 0 Å². The maximum absolute atomic E-state index is 8.74. The fourth-order valence-electron chi connectivity index (χ4n) is 0.385. The molecule has 0 spiro atoms. The predicted octanol–water partition coefficient (Wildman–Crippen LogP) is 1.68. The zero-order chi connectivity index (χ0) is 7.82. The normalized spacial score (nSPS) is 7.55. The van der Waals surface area contributed by atoms with Crippen LogP contribution in [-0.4, -0.2) is 9.79 Å². The van der Waals surface area contributed by atoms with E-state index in [9.17, 15) is 0 Å². The van der Waals surface area contributed by atoms with Crippen molar-refractivity contribution >= 4 is 8.25 Å². The van der Waals surface area contributed by atoms with Crippen LogP contribution in [0.1, 0.15) is 7.43 Å². The van der Waals surface area contributed by atoms with Gasteiger partial charge < -0.3 is 9.79 Å². The van der Waals surface area contributed by atoms with Gasteiger partial charge in [-0.25, -0.2) is 0 Å². The summed E-state index contributed by atoms with van der Waals surface area (Å²) in [6.07, 6.45) is 0. The topological polar surface area (TPSA) is 57.5 Å². The Morgan fingerprint density at radius 3 is 1.00 bits per heavy atom. The van der Waals surface area contributed by atoms with Crippen LogP contribution in [0.25, 0.3) is 0 Å². The molecule has 0 heterocycles. The molecule has 0 fully saturated rings. The maximum atomic E-state index is 8.74. The summed E-state index contributed by atoms with van der Waals surface area (Å²) in [5.41, 5.74) is 0. The lowest BCUT2D eigenvalue weighted by Crippen LogP contribution is -1.47. The minimum Gasteiger partial charge on any atom is -0.326 e. The number of rotatable bonds is 0. The molecule has 4 heteroatoms. The molecule has 64 valence electrons. The van der Waals surface area contributed by atoms with E-state index >= 15 is 0 Å². The summed E-state index contributed by atoms with van der Waals surface area (Å²) in [5.74, 6) is 0. The monoisotopic (exact) mass is 176 g/mol. The number of hydrogen-bond donors (Lipinski definition) is 2. The first kappa shape index (κ1) is 13.0. The van der Waals surface area contributed by atoms with Crippen LogP contribution in [0.4, 0.5) is 0 Å². The first-order valence-corrected chi connectivity index (χ1v) is 3.95. The molecule has 11 heavy (non-hydrogen) atoms. The van der Waals surface area contributed by atoms with E-state index < -0.39 is 8.25 Å². The van der Waals surface area contributed by atoms with Crippen LogP contribution in [0.3, 0.4) is 0 Å². The Morgan fingerprint density at radius 1 is 0.818 bits per heavy atom. The van der Waals surface area contributed by atoms with Crippen LogP contribution in [0.2, 0.25) is 0 Å². The average Bonchev–Trinajstić information content (AvgIpc) is 1.90. The lowest BCUT2D eigenvalue weighted by molar-refractivity contribution is 0.405. The molecule has 0 aliphatic rings. The Balaban J connectivity index is 0. The summed E-state index contributed by atoms with van der Waals surface area (Å²) < 4.78 is 8.74. The van der Waals surface area contributed by atoms with Crippen molar-refractivity contribution in [2.45, 2.75) is 7.43 Å². The highest BCUT2D eigenvalue weighted by molar-refractivity contribution is 7.30. The molecule has 3 nitrogen and oxygen atoms in total. The van der Waals surface area contributed by atoms with Crippen molar-refractivity contribution in [3.8, 4) is 0 Å². The molecular formula is C7H13O3P. The van der Waals surface area contributed by atoms with Crippen molar-refractivity contribution in [3.63, 3.8) is 0 Å². The van der Waals surface area contributed by atoms with Gasteiger partial charge >= 0.3 is 8.25 Å². The summed E-state index contributed by atoms with van der Waals surface area (Å²) in [7, 11) is -3.13. The Bertz CT molecular complexity index is 146. The van der Waals surface area contributed by atoms with E-state index in [-0.39, 0.29) is 7.43 Å². The minimum atomic E-state index is -3.13. The zero-order valence-electron chi connectivity index (χ0n) is 5.27. The predicted molar refractivity (Wildman–Crippen MR) is 46.6 cm³/mol. The fourth-order valence-corrected chi connectivity index (χ4v) is 0.385. The highest BCUT2D eigenvalue weighted by Gasteiger charge is 1.61. The van der Waals surface area contributed by atoms with Gasteiger partial charge in [0.15, 0.2) is 0 Å². The van der Waals surface area contributed by atoms with Gasteiger partial charge in [0, 0.05) is 0 Å². The van der Waals surface area contributed by atoms with Gasteiger partial charge in [0.05, 0.1) is 0 Å². The van der Waals surface area contributed by atoms with Crippen molar-refractivity contribution < 1.29 is 14.4 Å². The summed E-state index contributed by atoms with van der Waals surface area (Å²) in [6, 6.07) is 12.0. The first-order valence-electron chi connectivity index (χ1n) is 2.65. The first-order chi connectivity index (χ1) is 4.73. The molecule has 0 aliphatic carbocycles. The molecule has 0 bridgehead atoms. The zero-order valence-corrected chi connectivity index (χ0v) is 6.27. The molecule has 1 aromatic carbocycles. The SMILES string of the molecule is C.O=[PH](O)O.c1ccccc1. The molecule has 1 aromatic rings. The molecule has 0 radical (unpaired) electrons. The molecule has 0 aliphatic heterocycles. The van der Waals surface area contributed by atoms with Crippen LogP contribution in [0.5, 0.6) is 0 Å². The van der Waals surface area contributed by atoms with E-state index in [1.807, 2.05) is 36.4 Å². The van der Waals surface area contributed by atoms with Crippen LogP contribution >= 0.6 is 8.25 Å². The molecule has 0 aromatic heterocycles. The van der Waals surface area contributed by atoms with Crippen LogP contribution in [0.15, 0.2) is 36.4 Å². The number of hydrogen-bond acceptors (Lipinski definition) is 1. The highest BCUT2D eigenvalue weighted by Crippen LogP contribution is 1.98. The van der Waals surface area contributed by atoms with Gasteiger partial charge in [-0.05, 0) is 0 Å². The maximum Gasteiger partial charge on any atom is 0.314 e. The van der Waals surface area contributed by atoms with Crippen LogP contribution in [-0.2, 0) is 4.57 Å². The summed E-state index contributed by atoms with van der Waals surface area (Å²) in [4.78, 5) is 14.3. The van der Waals surface area contributed by atoms with Crippen molar-refractivity contribution in [3.05, 3.63) is 36.4 Å². The van der Waals surface area contributed by atoms with E-state index in [0.29, 0.717) is 0 Å². The van der Waals surface area contributed by atoms with E-state index in [4.69, 9.17) is 14.4 Å². The Hall–Kier alpha value is -0.630. The third-order valence-corrected chi connectivity index (χ3v) is 0.667. The lowest BCUT2D eigenvalue weighted by atomic mass is 10.4. The van der Waals surface area contributed by atoms with Crippen molar-refractivity contribution in [1.29, 1.82) is 0 Å². The van der Waals surface area contributed by atoms with Crippen LogP contribution < -0.4 is 0 Å². The Kier molecular flexibility index (Phi) is 11.1. The van der Waals surface area contributed by atoms with Crippen molar-refractivity contribution in [2.24, 2.45) is 0 Å². The van der Waals surface area contributed by atoms with Gasteiger partial charge in [-0.3, -0.25) is 4.57 Å². The molecule has 1 rings (SSSR count). The number of benzene rings is 1. The molecule has 2 N–H and O–H groups in total. The van der Waals surface area contributed by atoms with Crippen molar-refractivity contribution in [1.82, 2.24) is 0 Å². The summed E-state index contributed by atoms with van der Waals surface area (Å²) >= 11 is 0. The standard InChI is InChI=1S/C6H6.CH4.H3O3P/c1-2-4-6-5-3-1;;1-4(2)3/h1-6H;1H4;4H,(H2,1,2,3). The van der Waals surface area contributed by atoms with E-state index in [2.05, 4.69) is 0 Å². The molecular weight excluding hydrogens is 163 g/mol. The second-order valence-electron chi connectivity index (χ2n) is 1.44. The largest absolute Gasteiger partial charge is 0.326 e. The second kappa shape index (κ2) is 9.37. The molecule has 0 saturated carbocycles. The summed E-state index contributed by atoms with van der Waals surface area (Å²) in [5, 5.41) is 0. The highest BCUT2D eigenvalue weighted by atomic mass is 31.1. The Labute approximate surface area is 67.3 Å². The fraction of sp³-hybridized carbons (Fsp3) is 0.143. The van der Waals surface area contributed by atoms with Gasteiger partial charge in [0.25, 0.3) is 0 Å². The second-order valence-corrected chi connectivity index (χ2v) is 2.00. The Morgan fingerprint density at radius 2 is 0.909 bits per heavy atom. The lowest BCUT2D eigenvalue weighted by Gasteiger charge is -1.69. The quantitative estimate of drug-likeness (QED) is 0.591. The van der Waals surface area contributed by atoms with Gasteiger partial charge in [0.1, 0.15) is 0 Å². The van der Waals surface area contributed by atoms with Crippen LogP contribution in [0, 0.1) is 0 Å². The van der Waals surface area contributed by atoms with Gasteiger partial charge in [-0.15, -0.1) is 0 Å². The third-order valence-electron chi connectivity index (χ3n) is 0.667. The molecule has 0 atom stereocenters. The average molecular weight is 176 g/mol.